The van der Waals surface area contributed by atoms with Gasteiger partial charge in [-0.2, -0.15) is 0 Å². The maximum atomic E-state index is 11.4. The summed E-state index contributed by atoms with van der Waals surface area (Å²) in [5, 5.41) is 21.4. The largest absolute Gasteiger partial charge is 0.497 e. The molecule has 0 radical (unpaired) electrons. The number of ether oxygens (including phenoxy) is 2. The predicted molar refractivity (Wildman–Crippen MR) is 153 cm³/mol. The second-order valence-electron chi connectivity index (χ2n) is 10.7. The van der Waals surface area contributed by atoms with Crippen LogP contribution in [0.25, 0.3) is 10.9 Å². The van der Waals surface area contributed by atoms with Gasteiger partial charge in [0.25, 0.3) is 0 Å². The Kier molecular flexibility index (Phi) is 10.6. The van der Waals surface area contributed by atoms with Crippen molar-refractivity contribution in [3.8, 4) is 11.5 Å². The highest BCUT2D eigenvalue weighted by molar-refractivity contribution is 5.83. The first-order chi connectivity index (χ1) is 19.0. The highest BCUT2D eigenvalue weighted by Crippen LogP contribution is 2.35. The second-order valence-corrected chi connectivity index (χ2v) is 10.7. The van der Waals surface area contributed by atoms with Crippen LogP contribution >= 0.6 is 0 Å². The highest BCUT2D eigenvalue weighted by atomic mass is 16.5. The summed E-state index contributed by atoms with van der Waals surface area (Å²) < 4.78 is 10.9. The monoisotopic (exact) mass is 534 g/mol. The van der Waals surface area contributed by atoms with E-state index in [1.807, 2.05) is 36.4 Å². The Morgan fingerprint density at radius 3 is 2.72 bits per heavy atom. The average molecular weight is 535 g/mol. The molecule has 1 aromatic heterocycles. The lowest BCUT2D eigenvalue weighted by molar-refractivity contribution is -0.137. The molecule has 2 aromatic carbocycles. The molecule has 0 amide bonds. The standard InChI is InChI=1S/C32H42N2O5/c1-38-26-12-13-29-28(21-26)27(16-18-33-29)30(35)14-10-23-17-20-34(22-25(23)11-15-32(36)37)19-6-5-8-24-7-3-4-9-31(24)39-2/h3-4,7,9,12-13,16,18,21,23,25,30,35H,5-6,8,10-11,14-15,17,19-20,22H2,1-2H3,(H,36,37)/t23-,25-,30-/m1/s1. The van der Waals surface area contributed by atoms with Crippen LogP contribution in [0.5, 0.6) is 11.5 Å². The van der Waals surface area contributed by atoms with Crippen molar-refractivity contribution in [1.29, 1.82) is 0 Å². The Morgan fingerprint density at radius 2 is 1.92 bits per heavy atom. The zero-order valence-electron chi connectivity index (χ0n) is 23.2. The number of aromatic nitrogens is 1. The number of aliphatic carboxylic acids is 1. The summed E-state index contributed by atoms with van der Waals surface area (Å²) in [5.41, 5.74) is 2.95. The fourth-order valence-electron chi connectivity index (χ4n) is 6.03. The summed E-state index contributed by atoms with van der Waals surface area (Å²) in [5.74, 6) is 1.69. The molecule has 1 aliphatic rings. The van der Waals surface area contributed by atoms with Gasteiger partial charge in [0.15, 0.2) is 0 Å². The van der Waals surface area contributed by atoms with E-state index in [9.17, 15) is 15.0 Å². The van der Waals surface area contributed by atoms with Crippen molar-refractivity contribution in [2.45, 2.75) is 57.5 Å². The van der Waals surface area contributed by atoms with E-state index in [2.05, 4.69) is 22.0 Å². The van der Waals surface area contributed by atoms with Crippen LogP contribution in [-0.4, -0.2) is 59.9 Å². The molecule has 7 nitrogen and oxygen atoms in total. The Bertz CT molecular complexity index is 1220. The molecule has 2 N–H and O–H groups in total. The molecule has 4 rings (SSSR count). The van der Waals surface area contributed by atoms with Crippen LogP contribution < -0.4 is 9.47 Å². The van der Waals surface area contributed by atoms with Crippen LogP contribution in [0.4, 0.5) is 0 Å². The lowest BCUT2D eigenvalue weighted by Crippen LogP contribution is -2.41. The fraction of sp³-hybridized carbons (Fsp3) is 0.500. The van der Waals surface area contributed by atoms with Gasteiger partial charge >= 0.3 is 5.97 Å². The number of aryl methyl sites for hydroxylation is 1. The third-order valence-electron chi connectivity index (χ3n) is 8.22. The zero-order chi connectivity index (χ0) is 27.6. The summed E-state index contributed by atoms with van der Waals surface area (Å²) in [6.07, 6.45) is 7.77. The van der Waals surface area contributed by atoms with Gasteiger partial charge in [-0.3, -0.25) is 9.78 Å². The van der Waals surface area contributed by atoms with E-state index >= 15 is 0 Å². The first-order valence-corrected chi connectivity index (χ1v) is 14.1. The van der Waals surface area contributed by atoms with E-state index in [0.29, 0.717) is 24.7 Å². The number of carboxylic acids is 1. The molecule has 210 valence electrons. The average Bonchev–Trinajstić information content (AvgIpc) is 2.97. The van der Waals surface area contributed by atoms with Gasteiger partial charge in [0, 0.05) is 24.5 Å². The number of rotatable bonds is 14. The Morgan fingerprint density at radius 1 is 1.08 bits per heavy atom. The summed E-state index contributed by atoms with van der Waals surface area (Å²) in [6.45, 7) is 2.98. The van der Waals surface area contributed by atoms with E-state index in [1.165, 1.54) is 5.56 Å². The number of hydrogen-bond donors (Lipinski definition) is 2. The Labute approximate surface area is 231 Å². The molecular formula is C32H42N2O5. The molecule has 1 saturated heterocycles. The van der Waals surface area contributed by atoms with E-state index in [-0.39, 0.29) is 6.42 Å². The lowest BCUT2D eigenvalue weighted by atomic mass is 9.79. The number of methoxy groups -OCH3 is 2. The van der Waals surface area contributed by atoms with Crippen LogP contribution in [-0.2, 0) is 11.2 Å². The highest BCUT2D eigenvalue weighted by Gasteiger charge is 2.30. The molecule has 39 heavy (non-hydrogen) atoms. The van der Waals surface area contributed by atoms with Crippen molar-refractivity contribution in [2.75, 3.05) is 33.9 Å². The van der Waals surface area contributed by atoms with Gasteiger partial charge in [-0.15, -0.1) is 0 Å². The molecule has 1 fully saturated rings. The third kappa shape index (κ3) is 7.93. The normalized spacial score (nSPS) is 18.6. The molecular weight excluding hydrogens is 492 g/mol. The van der Waals surface area contributed by atoms with Crippen molar-refractivity contribution in [2.24, 2.45) is 11.8 Å². The molecule has 0 unspecified atom stereocenters. The minimum Gasteiger partial charge on any atom is -0.497 e. The predicted octanol–water partition coefficient (Wildman–Crippen LogP) is 5.89. The molecule has 2 heterocycles. The molecule has 0 bridgehead atoms. The van der Waals surface area contributed by atoms with Gasteiger partial charge in [0.05, 0.1) is 25.8 Å². The quantitative estimate of drug-likeness (QED) is 0.249. The number of aliphatic hydroxyl groups is 1. The first-order valence-electron chi connectivity index (χ1n) is 14.1. The van der Waals surface area contributed by atoms with Gasteiger partial charge in [-0.05, 0) is 111 Å². The summed E-state index contributed by atoms with van der Waals surface area (Å²) >= 11 is 0. The number of likely N-dealkylation sites (tertiary alicyclic amines) is 1. The summed E-state index contributed by atoms with van der Waals surface area (Å²) in [7, 11) is 3.35. The van der Waals surface area contributed by atoms with Crippen LogP contribution in [0, 0.1) is 11.8 Å². The van der Waals surface area contributed by atoms with E-state index in [0.717, 1.165) is 79.7 Å². The molecule has 1 aliphatic heterocycles. The van der Waals surface area contributed by atoms with Crippen molar-refractivity contribution in [1.82, 2.24) is 9.88 Å². The minimum atomic E-state index is -0.736. The maximum Gasteiger partial charge on any atom is 0.303 e. The van der Waals surface area contributed by atoms with Gasteiger partial charge in [-0.25, -0.2) is 0 Å². The topological polar surface area (TPSA) is 92.1 Å². The van der Waals surface area contributed by atoms with Gasteiger partial charge in [0.1, 0.15) is 11.5 Å². The number of hydrogen-bond acceptors (Lipinski definition) is 6. The number of fused-ring (bicyclic) bond motifs is 1. The Hall–Kier alpha value is -3.16. The second kappa shape index (κ2) is 14.3. The van der Waals surface area contributed by atoms with Crippen molar-refractivity contribution < 1.29 is 24.5 Å². The fourth-order valence-corrected chi connectivity index (χ4v) is 6.03. The number of piperidine rings is 1. The number of unbranched alkanes of at least 4 members (excludes halogenated alkanes) is 1. The number of para-hydroxylation sites is 1. The molecule has 0 spiro atoms. The molecule has 0 aliphatic carbocycles. The number of nitrogens with zero attached hydrogens (tertiary/aromatic N) is 2. The number of pyridine rings is 1. The number of aliphatic hydroxyl groups excluding tert-OH is 1. The smallest absolute Gasteiger partial charge is 0.303 e. The van der Waals surface area contributed by atoms with Gasteiger partial charge in [-0.1, -0.05) is 18.2 Å². The maximum absolute atomic E-state index is 11.4. The zero-order valence-corrected chi connectivity index (χ0v) is 23.2. The van der Waals surface area contributed by atoms with Crippen LogP contribution in [0.2, 0.25) is 0 Å². The van der Waals surface area contributed by atoms with E-state index in [4.69, 9.17) is 9.47 Å². The summed E-state index contributed by atoms with van der Waals surface area (Å²) in [4.78, 5) is 18.3. The summed E-state index contributed by atoms with van der Waals surface area (Å²) in [6, 6.07) is 15.8. The Balaban J connectivity index is 1.32. The SMILES string of the molecule is COc1ccc2nccc([C@H](O)CC[C@@H]3CCN(CCCCc4ccccc4OC)C[C@H]3CCC(=O)O)c2c1. The van der Waals surface area contributed by atoms with Crippen molar-refractivity contribution in [3.05, 3.63) is 65.9 Å². The van der Waals surface area contributed by atoms with Crippen molar-refractivity contribution >= 4 is 16.9 Å². The van der Waals surface area contributed by atoms with Crippen LogP contribution in [0.1, 0.15) is 62.2 Å². The molecule has 3 aromatic rings. The van der Waals surface area contributed by atoms with Crippen LogP contribution in [0.15, 0.2) is 54.7 Å². The minimum absolute atomic E-state index is 0.195. The number of benzene rings is 2. The first kappa shape index (κ1) is 28.8. The molecule has 0 saturated carbocycles. The van der Waals surface area contributed by atoms with E-state index in [1.54, 1.807) is 20.4 Å². The molecule has 7 heteroatoms. The van der Waals surface area contributed by atoms with E-state index < -0.39 is 12.1 Å². The lowest BCUT2D eigenvalue weighted by Gasteiger charge is -2.39. The third-order valence-corrected chi connectivity index (χ3v) is 8.22. The number of carbonyl (C=O) groups is 1. The van der Waals surface area contributed by atoms with Gasteiger partial charge in [0.2, 0.25) is 0 Å². The van der Waals surface area contributed by atoms with Crippen LogP contribution in [0.3, 0.4) is 0 Å². The molecule has 3 atom stereocenters. The number of carboxylic acid groups (broad SMARTS) is 1. The van der Waals surface area contributed by atoms with Crippen molar-refractivity contribution in [3.63, 3.8) is 0 Å². The van der Waals surface area contributed by atoms with Gasteiger partial charge < -0.3 is 24.6 Å².